The van der Waals surface area contributed by atoms with E-state index in [4.69, 9.17) is 0 Å². The zero-order valence-electron chi connectivity index (χ0n) is 20.4. The van der Waals surface area contributed by atoms with Crippen molar-refractivity contribution in [3.8, 4) is 0 Å². The van der Waals surface area contributed by atoms with Crippen LogP contribution in [0.2, 0.25) is 0 Å². The molecule has 0 saturated heterocycles. The van der Waals surface area contributed by atoms with Gasteiger partial charge < -0.3 is 66.8 Å². The Kier molecular flexibility index (Phi) is 7.82. The summed E-state index contributed by atoms with van der Waals surface area (Å²) in [5.41, 5.74) is -5.29. The second-order valence-corrected chi connectivity index (χ2v) is 11.4. The van der Waals surface area contributed by atoms with E-state index in [1.807, 2.05) is 5.32 Å². The van der Waals surface area contributed by atoms with E-state index >= 15 is 0 Å². The van der Waals surface area contributed by atoms with Crippen molar-refractivity contribution in [2.45, 2.75) is 101 Å². The molecule has 1 saturated carbocycles. The summed E-state index contributed by atoms with van der Waals surface area (Å²) in [6.45, 7) is 9.45. The molecule has 0 aromatic rings. The second kappa shape index (κ2) is 8.72. The predicted octanol–water partition coefficient (Wildman–Crippen LogP) is -3.84. The molecule has 0 spiro atoms. The molecule has 1 aliphatic rings. The van der Waals surface area contributed by atoms with Crippen LogP contribution in [0, 0.1) is 10.8 Å². The van der Waals surface area contributed by atoms with Crippen LogP contribution in [0.3, 0.4) is 0 Å². The average molecular weight is 515 g/mol. The van der Waals surface area contributed by atoms with Crippen molar-refractivity contribution in [1.82, 2.24) is 10.6 Å². The van der Waals surface area contributed by atoms with Crippen molar-refractivity contribution in [2.24, 2.45) is 10.8 Å². The molecule has 0 aromatic heterocycles. The van der Waals surface area contributed by atoms with Gasteiger partial charge in [-0.3, -0.25) is 0 Å². The Morgan fingerprint density at radius 3 is 1.40 bits per heavy atom. The lowest BCUT2D eigenvalue weighted by molar-refractivity contribution is -0.595. The smallest absolute Gasteiger partial charge is 0.326 e. The zero-order valence-corrected chi connectivity index (χ0v) is 20.4. The Morgan fingerprint density at radius 2 is 1.09 bits per heavy atom. The van der Waals surface area contributed by atoms with E-state index in [-0.39, 0.29) is 12.8 Å². The van der Waals surface area contributed by atoms with Gasteiger partial charge in [-0.1, -0.05) is 48.0 Å². The molecule has 0 heterocycles. The normalized spacial score (nSPS) is 24.8. The Bertz CT molecular complexity index is 792. The van der Waals surface area contributed by atoms with E-state index in [1.165, 1.54) is 20.8 Å². The molecule has 15 heteroatoms. The van der Waals surface area contributed by atoms with E-state index in [0.29, 0.717) is 0 Å². The van der Waals surface area contributed by atoms with Gasteiger partial charge in [0, 0.05) is 0 Å². The fourth-order valence-corrected chi connectivity index (χ4v) is 4.05. The topological polar surface area (TPSA) is 281 Å². The van der Waals surface area contributed by atoms with Crippen LogP contribution in [0.1, 0.15) is 60.8 Å². The number of aliphatic carboxylic acids is 1. The van der Waals surface area contributed by atoms with Gasteiger partial charge in [-0.15, -0.1) is 0 Å². The van der Waals surface area contributed by atoms with Crippen molar-refractivity contribution < 1.29 is 65.8 Å². The number of hydrogen-bond acceptors (Lipinski definition) is 12. The summed E-state index contributed by atoms with van der Waals surface area (Å²) in [7, 11) is 0. The maximum Gasteiger partial charge on any atom is 0.326 e. The first kappa shape index (κ1) is 31.4. The Hall–Kier alpha value is -1.66. The number of carbonyl (C=O) groups is 2. The van der Waals surface area contributed by atoms with Crippen LogP contribution in [0.25, 0.3) is 0 Å². The molecule has 1 unspecified atom stereocenters. The maximum absolute atomic E-state index is 12.8. The number of amides is 2. The summed E-state index contributed by atoms with van der Waals surface area (Å²) in [5, 5.41) is 117. The molecule has 1 fully saturated rings. The summed E-state index contributed by atoms with van der Waals surface area (Å²) in [6.07, 6.45) is -1.15. The number of carboxylic acid groups (broad SMARTS) is 1. The summed E-state index contributed by atoms with van der Waals surface area (Å²) >= 11 is 0. The van der Waals surface area contributed by atoms with Crippen LogP contribution < -0.4 is 10.6 Å². The van der Waals surface area contributed by atoms with Crippen LogP contribution in [-0.2, 0) is 4.79 Å². The van der Waals surface area contributed by atoms with Gasteiger partial charge >= 0.3 is 12.0 Å². The van der Waals surface area contributed by atoms with Gasteiger partial charge in [-0.2, -0.15) is 0 Å². The SMILES string of the molecule is CC(C)(C)CCCC1(NC(=O)NC(C(=O)O)C(C)(C)C)C(O)(O)C(O)(O)C(O)(O)C(O)(O)C1(O)O. The number of carboxylic acids is 1. The van der Waals surface area contributed by atoms with Crippen LogP contribution in [0.5, 0.6) is 0 Å². The number of rotatable bonds is 6. The van der Waals surface area contributed by atoms with Gasteiger partial charge in [-0.25, -0.2) is 9.59 Å². The highest BCUT2D eigenvalue weighted by molar-refractivity contribution is 5.83. The molecule has 0 bridgehead atoms. The van der Waals surface area contributed by atoms with Gasteiger partial charge in [0.2, 0.25) is 0 Å². The molecule has 0 aromatic carbocycles. The largest absolute Gasteiger partial charge is 0.480 e. The van der Waals surface area contributed by atoms with Crippen molar-refractivity contribution in [3.63, 3.8) is 0 Å². The summed E-state index contributed by atoms with van der Waals surface area (Å²) in [5.74, 6) is -24.8. The van der Waals surface area contributed by atoms with Crippen LogP contribution in [-0.4, -0.2) is 109 Å². The van der Waals surface area contributed by atoms with Gasteiger partial charge in [0.05, 0.1) is 0 Å². The van der Waals surface area contributed by atoms with Crippen LogP contribution in [0.4, 0.5) is 4.79 Å². The fourth-order valence-electron chi connectivity index (χ4n) is 4.05. The Balaban J connectivity index is 3.76. The lowest BCUT2D eigenvalue weighted by Crippen LogP contribution is -2.98. The third kappa shape index (κ3) is 4.73. The quantitative estimate of drug-likeness (QED) is 0.151. The summed E-state index contributed by atoms with van der Waals surface area (Å²) in [6, 6.07) is -3.30. The monoisotopic (exact) mass is 514 g/mol. The molecule has 0 aliphatic heterocycles. The molecule has 206 valence electrons. The molecule has 35 heavy (non-hydrogen) atoms. The lowest BCUT2D eigenvalue weighted by Gasteiger charge is -2.65. The maximum atomic E-state index is 12.8. The van der Waals surface area contributed by atoms with Crippen molar-refractivity contribution in [2.75, 3.05) is 0 Å². The molecular weight excluding hydrogens is 476 g/mol. The highest BCUT2D eigenvalue weighted by Crippen LogP contribution is 2.55. The third-order valence-corrected chi connectivity index (χ3v) is 6.33. The van der Waals surface area contributed by atoms with Crippen LogP contribution >= 0.6 is 0 Å². The lowest BCUT2D eigenvalue weighted by atomic mass is 9.60. The minimum atomic E-state index is -4.81. The first-order valence-corrected chi connectivity index (χ1v) is 10.7. The van der Waals surface area contributed by atoms with Gasteiger partial charge in [0.25, 0.3) is 28.9 Å². The molecule has 13 N–H and O–H groups in total. The van der Waals surface area contributed by atoms with Gasteiger partial charge in [0.15, 0.2) is 5.54 Å². The van der Waals surface area contributed by atoms with Crippen molar-refractivity contribution in [3.05, 3.63) is 0 Å². The fraction of sp³-hybridized carbons (Fsp3) is 0.900. The van der Waals surface area contributed by atoms with Gasteiger partial charge in [-0.05, 0) is 23.7 Å². The number of carbonyl (C=O) groups excluding carboxylic acids is 1. The molecule has 1 atom stereocenters. The number of hydrogen-bond donors (Lipinski definition) is 13. The molecule has 15 nitrogen and oxygen atoms in total. The first-order chi connectivity index (χ1) is 15.1. The Labute approximate surface area is 201 Å². The Morgan fingerprint density at radius 1 is 0.714 bits per heavy atom. The molecule has 2 amide bonds. The van der Waals surface area contributed by atoms with E-state index in [0.717, 1.165) is 0 Å². The third-order valence-electron chi connectivity index (χ3n) is 6.33. The zero-order chi connectivity index (χ0) is 28.3. The molecule has 1 rings (SSSR count). The van der Waals surface area contributed by atoms with Crippen LogP contribution in [0.15, 0.2) is 0 Å². The standard InChI is InChI=1S/C20H38N2O13/c1-13(2,3)8-7-9-15(22-12(25)21-10(11(23)24)14(4,5)6)16(26,27)18(30,31)20(34,35)19(32,33)17(15,28)29/h10,26-35H,7-9H2,1-6H3,(H,23,24)(H2,21,22,25). The molecule has 0 radical (unpaired) electrons. The van der Waals surface area contributed by atoms with E-state index in [1.54, 1.807) is 26.1 Å². The van der Waals surface area contributed by atoms with Crippen molar-refractivity contribution in [1.29, 1.82) is 0 Å². The van der Waals surface area contributed by atoms with Crippen molar-refractivity contribution >= 4 is 12.0 Å². The van der Waals surface area contributed by atoms with E-state index in [2.05, 4.69) is 0 Å². The van der Waals surface area contributed by atoms with E-state index in [9.17, 15) is 65.8 Å². The number of aliphatic hydroxyl groups is 10. The molecular formula is C20H38N2O13. The minimum absolute atomic E-state index is 0.154. The van der Waals surface area contributed by atoms with Gasteiger partial charge in [0.1, 0.15) is 6.04 Å². The summed E-state index contributed by atoms with van der Waals surface area (Å²) in [4.78, 5) is 24.4. The minimum Gasteiger partial charge on any atom is -0.480 e. The highest BCUT2D eigenvalue weighted by Gasteiger charge is 2.90. The molecule has 1 aliphatic carbocycles. The van der Waals surface area contributed by atoms with E-state index < -0.39 is 69.8 Å². The number of urea groups is 1. The number of nitrogens with one attached hydrogen (secondary N) is 2. The first-order valence-electron chi connectivity index (χ1n) is 10.7. The summed E-state index contributed by atoms with van der Waals surface area (Å²) < 4.78 is 0. The predicted molar refractivity (Wildman–Crippen MR) is 114 cm³/mol. The average Bonchev–Trinajstić information content (AvgIpc) is 2.61. The highest BCUT2D eigenvalue weighted by atomic mass is 16.7. The second-order valence-electron chi connectivity index (χ2n) is 11.4.